The van der Waals surface area contributed by atoms with Crippen LogP contribution < -0.4 is 25.6 Å². The van der Waals surface area contributed by atoms with Crippen LogP contribution in [-0.2, 0) is 6.42 Å². The molecule has 0 unspecified atom stereocenters. The Labute approximate surface area is 261 Å². The summed E-state index contributed by atoms with van der Waals surface area (Å²) < 4.78 is 5.88. The molecule has 0 amide bonds. The van der Waals surface area contributed by atoms with Gasteiger partial charge in [0.15, 0.2) is 0 Å². The summed E-state index contributed by atoms with van der Waals surface area (Å²) in [5.41, 5.74) is 6.08. The van der Waals surface area contributed by atoms with Gasteiger partial charge in [0.25, 0.3) is 0 Å². The number of likely N-dealkylation sites (N-methyl/N-ethyl adjacent to an activating group) is 1. The van der Waals surface area contributed by atoms with E-state index in [9.17, 15) is 0 Å². The highest BCUT2D eigenvalue weighted by atomic mass is 31.1. The molecule has 0 spiro atoms. The summed E-state index contributed by atoms with van der Waals surface area (Å²) in [6.07, 6.45) is 8.28. The number of nitrogens with one attached hydrogen (secondary N) is 2. The predicted octanol–water partition coefficient (Wildman–Crippen LogP) is 4.46. The number of anilines is 5. The molecule has 2 N–H and O–H groups in total. The molecule has 0 bridgehead atoms. The van der Waals surface area contributed by atoms with Gasteiger partial charge in [0.2, 0.25) is 11.9 Å². The minimum atomic E-state index is -0.465. The van der Waals surface area contributed by atoms with Gasteiger partial charge in [-0.25, -0.2) is 9.97 Å². The monoisotopic (exact) mass is 614 g/mol. The number of piperazine rings is 1. The Bertz CT molecular complexity index is 1590. The standard InChI is InChI=1S/C32H43N10OP/c1-6-22-19-26(28(43-3)20-27(22)42-13-9-23(10-14-42)41-17-15-40(2)16-18-41)38-32-36-21-35-31(39-32)37-25-8-7-24-29(30(25)44(4)5)34-12-11-33-24/h7-8,11-12,19-21,23H,6,9-10,13-18H2,1-5H3,(H2,35,36,37,38,39). The highest BCUT2D eigenvalue weighted by Crippen LogP contribution is 2.37. The molecule has 11 nitrogen and oxygen atoms in total. The third kappa shape index (κ3) is 6.55. The van der Waals surface area contributed by atoms with Crippen molar-refractivity contribution in [3.63, 3.8) is 0 Å². The zero-order valence-corrected chi connectivity index (χ0v) is 27.3. The van der Waals surface area contributed by atoms with E-state index in [-0.39, 0.29) is 0 Å². The third-order valence-corrected chi connectivity index (χ3v) is 10.1. The number of rotatable bonds is 9. The van der Waals surface area contributed by atoms with E-state index in [4.69, 9.17) is 9.72 Å². The van der Waals surface area contributed by atoms with E-state index in [2.05, 4.69) is 84.7 Å². The summed E-state index contributed by atoms with van der Waals surface area (Å²) in [7, 11) is 3.47. The number of hydrogen-bond acceptors (Lipinski definition) is 11. The van der Waals surface area contributed by atoms with E-state index in [1.807, 2.05) is 12.1 Å². The van der Waals surface area contributed by atoms with Gasteiger partial charge < -0.3 is 25.2 Å². The van der Waals surface area contributed by atoms with Crippen LogP contribution in [0.1, 0.15) is 25.3 Å². The quantitative estimate of drug-likeness (QED) is 0.261. The molecule has 2 aliphatic rings. The first kappa shape index (κ1) is 30.4. The van der Waals surface area contributed by atoms with E-state index < -0.39 is 7.92 Å². The molecular formula is C32H43N10OP. The van der Waals surface area contributed by atoms with Crippen LogP contribution in [0, 0.1) is 0 Å². The van der Waals surface area contributed by atoms with Crippen LogP contribution in [-0.4, -0.2) is 108 Å². The lowest BCUT2D eigenvalue weighted by atomic mass is 9.99. The normalized spacial score (nSPS) is 16.9. The number of hydrogen-bond donors (Lipinski definition) is 2. The minimum absolute atomic E-state index is 0.445. The van der Waals surface area contributed by atoms with E-state index in [0.717, 1.165) is 53.0 Å². The van der Waals surface area contributed by atoms with Crippen LogP contribution in [0.4, 0.5) is 29.0 Å². The molecule has 6 rings (SSSR count). The average molecular weight is 615 g/mol. The maximum absolute atomic E-state index is 5.88. The lowest BCUT2D eigenvalue weighted by Crippen LogP contribution is -2.52. The molecule has 2 aliphatic heterocycles. The Balaban J connectivity index is 1.19. The molecule has 0 aliphatic carbocycles. The van der Waals surface area contributed by atoms with Crippen LogP contribution in [0.2, 0.25) is 0 Å². The maximum atomic E-state index is 5.88. The first-order valence-corrected chi connectivity index (χ1v) is 17.7. The van der Waals surface area contributed by atoms with Crippen LogP contribution >= 0.6 is 7.92 Å². The number of aromatic nitrogens is 5. The molecule has 2 aromatic heterocycles. The van der Waals surface area contributed by atoms with E-state index >= 15 is 0 Å². The molecule has 4 aromatic rings. The van der Waals surface area contributed by atoms with Crippen molar-refractivity contribution in [2.45, 2.75) is 32.2 Å². The second-order valence-electron chi connectivity index (χ2n) is 11.8. The summed E-state index contributed by atoms with van der Waals surface area (Å²) in [5, 5.41) is 7.94. The second-order valence-corrected chi connectivity index (χ2v) is 14.0. The lowest BCUT2D eigenvalue weighted by molar-refractivity contribution is 0.0982. The molecule has 4 heterocycles. The molecule has 0 radical (unpaired) electrons. The first-order chi connectivity index (χ1) is 21.4. The predicted molar refractivity (Wildman–Crippen MR) is 181 cm³/mol. The number of nitrogens with zero attached hydrogens (tertiary/aromatic N) is 8. The van der Waals surface area contributed by atoms with Crippen molar-refractivity contribution in [2.75, 3.05) is 82.3 Å². The summed E-state index contributed by atoms with van der Waals surface area (Å²) in [5.74, 6) is 1.67. The van der Waals surface area contributed by atoms with Gasteiger partial charge in [0.1, 0.15) is 12.1 Å². The topological polar surface area (TPSA) is 107 Å². The Hall–Kier alpha value is -3.66. The van der Waals surface area contributed by atoms with Crippen molar-refractivity contribution in [2.24, 2.45) is 0 Å². The smallest absolute Gasteiger partial charge is 0.232 e. The van der Waals surface area contributed by atoms with Crippen LogP contribution in [0.25, 0.3) is 11.0 Å². The van der Waals surface area contributed by atoms with Gasteiger partial charge in [-0.1, -0.05) is 14.8 Å². The third-order valence-electron chi connectivity index (χ3n) is 8.77. The van der Waals surface area contributed by atoms with Gasteiger partial charge in [-0.15, -0.1) is 0 Å². The minimum Gasteiger partial charge on any atom is -0.494 e. The summed E-state index contributed by atoms with van der Waals surface area (Å²) in [4.78, 5) is 30.3. The van der Waals surface area contributed by atoms with Crippen molar-refractivity contribution in [1.29, 1.82) is 0 Å². The van der Waals surface area contributed by atoms with Crippen molar-refractivity contribution >= 4 is 53.2 Å². The van der Waals surface area contributed by atoms with E-state index in [1.54, 1.807) is 19.5 Å². The fraction of sp³-hybridized carbons (Fsp3) is 0.469. The Morgan fingerprint density at radius 2 is 1.59 bits per heavy atom. The lowest BCUT2D eigenvalue weighted by Gasteiger charge is -2.43. The van der Waals surface area contributed by atoms with Gasteiger partial charge in [-0.2, -0.15) is 4.98 Å². The second kappa shape index (κ2) is 13.5. The zero-order valence-electron chi connectivity index (χ0n) is 26.4. The molecule has 0 saturated carbocycles. The molecule has 0 atom stereocenters. The molecule has 2 fully saturated rings. The number of piperidine rings is 1. The van der Waals surface area contributed by atoms with Crippen molar-refractivity contribution in [3.8, 4) is 5.75 Å². The van der Waals surface area contributed by atoms with Crippen LogP contribution in [0.5, 0.6) is 5.75 Å². The molecule has 232 valence electrons. The van der Waals surface area contributed by atoms with Gasteiger partial charge in [0.05, 0.1) is 29.5 Å². The summed E-state index contributed by atoms with van der Waals surface area (Å²) >= 11 is 0. The van der Waals surface area contributed by atoms with Gasteiger partial charge >= 0.3 is 0 Å². The number of fused-ring (bicyclic) bond motifs is 1. The molecular weight excluding hydrogens is 571 g/mol. The number of methoxy groups -OCH3 is 1. The summed E-state index contributed by atoms with van der Waals surface area (Å²) in [6.45, 7) is 13.4. The van der Waals surface area contributed by atoms with Crippen LogP contribution in [0.3, 0.4) is 0 Å². The highest BCUT2D eigenvalue weighted by Gasteiger charge is 2.28. The van der Waals surface area contributed by atoms with Crippen molar-refractivity contribution in [1.82, 2.24) is 34.7 Å². The Morgan fingerprint density at radius 3 is 2.27 bits per heavy atom. The molecule has 12 heteroatoms. The van der Waals surface area contributed by atoms with E-state index in [1.165, 1.54) is 56.6 Å². The van der Waals surface area contributed by atoms with Gasteiger partial charge in [-0.3, -0.25) is 14.9 Å². The van der Waals surface area contributed by atoms with Gasteiger partial charge in [0, 0.05) is 74.8 Å². The Morgan fingerprint density at radius 1 is 0.886 bits per heavy atom. The maximum Gasteiger partial charge on any atom is 0.232 e. The highest BCUT2D eigenvalue weighted by molar-refractivity contribution is 7.65. The molecule has 2 aromatic carbocycles. The van der Waals surface area contributed by atoms with Crippen molar-refractivity contribution < 1.29 is 4.74 Å². The summed E-state index contributed by atoms with van der Waals surface area (Å²) in [6, 6.07) is 9.03. The largest absolute Gasteiger partial charge is 0.494 e. The SMILES string of the molecule is CCc1cc(Nc2ncnc(Nc3ccc4nccnc4c3P(C)C)n2)c(OC)cc1N1CCC(N2CCN(C)CC2)CC1. The molecule has 44 heavy (non-hydrogen) atoms. The van der Waals surface area contributed by atoms with Crippen molar-refractivity contribution in [3.05, 3.63) is 48.5 Å². The average Bonchev–Trinajstić information content (AvgIpc) is 3.05. The zero-order chi connectivity index (χ0) is 30.6. The molecule has 2 saturated heterocycles. The fourth-order valence-corrected chi connectivity index (χ4v) is 7.56. The fourth-order valence-electron chi connectivity index (χ4n) is 6.35. The number of benzene rings is 2. The van der Waals surface area contributed by atoms with E-state index in [0.29, 0.717) is 17.9 Å². The van der Waals surface area contributed by atoms with Crippen LogP contribution in [0.15, 0.2) is 43.0 Å². The first-order valence-electron chi connectivity index (χ1n) is 15.5. The number of aryl methyl sites for hydroxylation is 1. The van der Waals surface area contributed by atoms with Gasteiger partial charge in [-0.05, 0) is 63.4 Å². The number of ether oxygens (including phenoxy) is 1. The Kier molecular flexibility index (Phi) is 9.35.